The van der Waals surface area contributed by atoms with E-state index in [0.29, 0.717) is 12.2 Å². The van der Waals surface area contributed by atoms with Gasteiger partial charge >= 0.3 is 5.97 Å². The fourth-order valence-corrected chi connectivity index (χ4v) is 5.27. The largest absolute Gasteiger partial charge is 0.461 e. The first-order valence-electron chi connectivity index (χ1n) is 12.1. The maximum absolute atomic E-state index is 13.1. The van der Waals surface area contributed by atoms with Crippen molar-refractivity contribution in [2.45, 2.75) is 85.7 Å². The predicted molar refractivity (Wildman–Crippen MR) is 128 cm³/mol. The second-order valence-corrected chi connectivity index (χ2v) is 9.84. The minimum atomic E-state index is -0.317. The molecule has 174 valence electrons. The molecule has 4 nitrogen and oxygen atoms in total. The second-order valence-electron chi connectivity index (χ2n) is 9.84. The lowest BCUT2D eigenvalue weighted by atomic mass is 9.54. The number of aryl methyl sites for hydroxylation is 1. The summed E-state index contributed by atoms with van der Waals surface area (Å²) in [5, 5.41) is 0. The highest BCUT2D eigenvalue weighted by Crippen LogP contribution is 2.53. The maximum Gasteiger partial charge on any atom is 0.331 e. The topological polar surface area (TPSA) is 56.5 Å². The fraction of sp³-hybridized carbons (Fsp3) is 0.571. The Labute approximate surface area is 192 Å². The molecule has 2 aliphatic carbocycles. The number of ether oxygens (including phenoxy) is 1. The van der Waals surface area contributed by atoms with Gasteiger partial charge in [0.15, 0.2) is 5.76 Å². The van der Waals surface area contributed by atoms with E-state index in [2.05, 4.69) is 32.9 Å². The van der Waals surface area contributed by atoms with Crippen LogP contribution < -0.4 is 0 Å². The summed E-state index contributed by atoms with van der Waals surface area (Å²) < 4.78 is 11.4. The third-order valence-electron chi connectivity index (χ3n) is 7.55. The van der Waals surface area contributed by atoms with Crippen LogP contribution in [0.1, 0.15) is 87.9 Å². The number of unbranched alkanes of at least 4 members (excludes halogenated alkanes) is 3. The van der Waals surface area contributed by atoms with Gasteiger partial charge in [0.05, 0.1) is 6.26 Å². The minimum Gasteiger partial charge on any atom is -0.461 e. The lowest BCUT2D eigenvalue weighted by molar-refractivity contribution is -0.153. The molecule has 32 heavy (non-hydrogen) atoms. The van der Waals surface area contributed by atoms with E-state index >= 15 is 0 Å². The van der Waals surface area contributed by atoms with E-state index in [1.807, 2.05) is 19.9 Å². The highest BCUT2D eigenvalue weighted by Gasteiger charge is 2.54. The number of esters is 1. The molecular weight excluding hydrogens is 400 g/mol. The number of allylic oxidation sites excluding steroid dienone is 5. The third kappa shape index (κ3) is 5.16. The van der Waals surface area contributed by atoms with Crippen LogP contribution in [-0.2, 0) is 16.0 Å². The Bertz CT molecular complexity index is 916. The molecule has 3 rings (SSSR count). The van der Waals surface area contributed by atoms with Crippen LogP contribution in [0.5, 0.6) is 0 Å². The average molecular weight is 439 g/mol. The number of fused-ring (bicyclic) bond motifs is 2. The Morgan fingerprint density at radius 1 is 1.28 bits per heavy atom. The zero-order chi connectivity index (χ0) is 23.3. The van der Waals surface area contributed by atoms with E-state index in [-0.39, 0.29) is 35.1 Å². The van der Waals surface area contributed by atoms with Crippen molar-refractivity contribution in [3.8, 4) is 0 Å². The number of hydrogen-bond donors (Lipinski definition) is 0. The predicted octanol–water partition coefficient (Wildman–Crippen LogP) is 6.93. The Morgan fingerprint density at radius 3 is 2.81 bits per heavy atom. The summed E-state index contributed by atoms with van der Waals surface area (Å²) in [6.07, 6.45) is 18.0. The molecule has 0 amide bonds. The molecule has 0 radical (unpaired) electrons. The number of hydrogen-bond acceptors (Lipinski definition) is 4. The van der Waals surface area contributed by atoms with E-state index < -0.39 is 0 Å². The van der Waals surface area contributed by atoms with E-state index in [1.54, 1.807) is 12.3 Å². The number of Topliss-reactive ketones (excluding diaryl/α,β-unsaturated/α-hetero) is 1. The van der Waals surface area contributed by atoms with Crippen LogP contribution in [0.2, 0.25) is 0 Å². The summed E-state index contributed by atoms with van der Waals surface area (Å²) in [5.41, 5.74) is 2.93. The molecule has 1 fully saturated rings. The van der Waals surface area contributed by atoms with Crippen LogP contribution in [0.3, 0.4) is 0 Å². The summed E-state index contributed by atoms with van der Waals surface area (Å²) in [7, 11) is 0. The number of carbonyl (C=O) groups is 2. The second kappa shape index (κ2) is 10.5. The molecule has 1 aromatic heterocycles. The van der Waals surface area contributed by atoms with Gasteiger partial charge in [0.25, 0.3) is 0 Å². The summed E-state index contributed by atoms with van der Waals surface area (Å²) in [5.74, 6) is 0.352. The van der Waals surface area contributed by atoms with Gasteiger partial charge in [0.1, 0.15) is 6.10 Å². The first-order valence-corrected chi connectivity index (χ1v) is 12.1. The summed E-state index contributed by atoms with van der Waals surface area (Å²) in [6.45, 7) is 10.5. The van der Waals surface area contributed by atoms with Gasteiger partial charge in [-0.3, -0.25) is 4.79 Å². The molecule has 1 aromatic rings. The minimum absolute atomic E-state index is 0.0734. The number of rotatable bonds is 8. The van der Waals surface area contributed by atoms with Crippen LogP contribution >= 0.6 is 0 Å². The van der Waals surface area contributed by atoms with Crippen molar-refractivity contribution in [1.82, 2.24) is 0 Å². The van der Waals surface area contributed by atoms with Crippen molar-refractivity contribution < 1.29 is 18.7 Å². The van der Waals surface area contributed by atoms with Gasteiger partial charge in [-0.2, -0.15) is 0 Å². The monoisotopic (exact) mass is 438 g/mol. The van der Waals surface area contributed by atoms with Crippen LogP contribution in [0.4, 0.5) is 0 Å². The van der Waals surface area contributed by atoms with Gasteiger partial charge in [-0.05, 0) is 62.8 Å². The first kappa shape index (κ1) is 24.3. The maximum atomic E-state index is 13.1. The molecule has 0 aromatic carbocycles. The van der Waals surface area contributed by atoms with E-state index in [9.17, 15) is 9.59 Å². The SMILES string of the molecule is CCCCCC=CC(C)=CC=CC(=O)O[C@@H]1CC[C@@H]2C(=O)c3occ(C)c3C[C@]2(C)[C@H]1C. The zero-order valence-electron chi connectivity index (χ0n) is 20.3. The molecule has 0 saturated heterocycles. The van der Waals surface area contributed by atoms with Gasteiger partial charge in [-0.25, -0.2) is 4.79 Å². The van der Waals surface area contributed by atoms with Gasteiger partial charge in [-0.1, -0.05) is 63.5 Å². The standard InChI is InChI=1S/C28H38O4/c1-6-7-8-9-10-12-19(2)13-11-14-25(29)32-24-16-15-23-26(30)27-22(20(3)18-31-27)17-28(23,5)21(24)4/h10-14,18,21,23-24H,6-9,15-17H2,1-5H3/t21-,23+,24+,28+/m0/s1. The van der Waals surface area contributed by atoms with Crippen LogP contribution in [0.15, 0.2) is 46.6 Å². The molecular formula is C28H38O4. The normalized spacial score (nSPS) is 28.2. The van der Waals surface area contributed by atoms with Gasteiger partial charge in [-0.15, -0.1) is 0 Å². The van der Waals surface area contributed by atoms with E-state index in [4.69, 9.17) is 9.15 Å². The molecule has 0 aliphatic heterocycles. The van der Waals surface area contributed by atoms with Crippen molar-refractivity contribution in [3.05, 3.63) is 59.1 Å². The van der Waals surface area contributed by atoms with Crippen molar-refractivity contribution in [2.75, 3.05) is 0 Å². The molecule has 4 heteroatoms. The quantitative estimate of drug-likeness (QED) is 0.191. The van der Waals surface area contributed by atoms with Crippen molar-refractivity contribution in [1.29, 1.82) is 0 Å². The van der Waals surface area contributed by atoms with Crippen LogP contribution in [0.25, 0.3) is 0 Å². The Balaban J connectivity index is 1.59. The van der Waals surface area contributed by atoms with Gasteiger partial charge in [0, 0.05) is 17.6 Å². The van der Waals surface area contributed by atoms with Crippen LogP contribution in [0, 0.1) is 24.2 Å². The average Bonchev–Trinajstić information content (AvgIpc) is 3.11. The van der Waals surface area contributed by atoms with Gasteiger partial charge < -0.3 is 9.15 Å². The highest BCUT2D eigenvalue weighted by molar-refractivity contribution is 5.99. The molecule has 4 atom stereocenters. The fourth-order valence-electron chi connectivity index (χ4n) is 5.27. The number of ketones is 1. The molecule has 0 N–H and O–H groups in total. The Hall–Kier alpha value is -2.36. The van der Waals surface area contributed by atoms with Crippen molar-refractivity contribution >= 4 is 11.8 Å². The lowest BCUT2D eigenvalue weighted by Gasteiger charge is -2.50. The van der Waals surface area contributed by atoms with E-state index in [0.717, 1.165) is 36.0 Å². The van der Waals surface area contributed by atoms with E-state index in [1.165, 1.54) is 25.3 Å². The molecule has 1 saturated carbocycles. The number of carbonyl (C=O) groups excluding carboxylic acids is 2. The third-order valence-corrected chi connectivity index (χ3v) is 7.55. The lowest BCUT2D eigenvalue weighted by Crippen LogP contribution is -2.52. The number of furan rings is 1. The molecule has 1 heterocycles. The smallest absolute Gasteiger partial charge is 0.331 e. The molecule has 0 bridgehead atoms. The van der Waals surface area contributed by atoms with Crippen molar-refractivity contribution in [2.24, 2.45) is 17.3 Å². The molecule has 2 aliphatic rings. The highest BCUT2D eigenvalue weighted by atomic mass is 16.5. The summed E-state index contributed by atoms with van der Waals surface area (Å²) in [4.78, 5) is 25.5. The summed E-state index contributed by atoms with van der Waals surface area (Å²) in [6, 6.07) is 0. The first-order chi connectivity index (χ1) is 15.3. The zero-order valence-corrected chi connectivity index (χ0v) is 20.3. The molecule has 0 spiro atoms. The Morgan fingerprint density at radius 2 is 2.06 bits per heavy atom. The molecule has 0 unspecified atom stereocenters. The Kier molecular flexibility index (Phi) is 7.97. The van der Waals surface area contributed by atoms with Crippen LogP contribution in [-0.4, -0.2) is 17.9 Å². The summed E-state index contributed by atoms with van der Waals surface area (Å²) >= 11 is 0. The van der Waals surface area contributed by atoms with Gasteiger partial charge in [0.2, 0.25) is 5.78 Å². The van der Waals surface area contributed by atoms with Crippen molar-refractivity contribution in [3.63, 3.8) is 0 Å².